The normalized spacial score (nSPS) is 10.6. The van der Waals surface area contributed by atoms with E-state index in [0.717, 1.165) is 11.1 Å². The van der Waals surface area contributed by atoms with Crippen molar-refractivity contribution in [2.45, 2.75) is 6.61 Å². The highest BCUT2D eigenvalue weighted by Gasteiger charge is 2.06. The van der Waals surface area contributed by atoms with Gasteiger partial charge in [-0.2, -0.15) is 0 Å². The lowest BCUT2D eigenvalue weighted by atomic mass is 10.1. The topological polar surface area (TPSA) is 90.6 Å². The minimum Gasteiger partial charge on any atom is -0.493 e. The Bertz CT molecular complexity index is 1040. The van der Waals surface area contributed by atoms with Gasteiger partial charge in [0.05, 0.1) is 7.11 Å². The minimum absolute atomic E-state index is 0.301. The van der Waals surface area contributed by atoms with Crippen molar-refractivity contribution < 1.29 is 19.1 Å². The van der Waals surface area contributed by atoms with Gasteiger partial charge in [0, 0.05) is 17.3 Å². The number of hydrogen-bond donors (Lipinski definition) is 2. The molecule has 0 saturated heterocycles. The first-order valence-electron chi connectivity index (χ1n) is 9.29. The summed E-state index contributed by atoms with van der Waals surface area (Å²) in [6, 6.07) is 21.7. The Labute approximate surface area is 174 Å². The molecule has 0 aliphatic heterocycles. The summed E-state index contributed by atoms with van der Waals surface area (Å²) in [5.74, 6) is 0.385. The molecule has 0 spiro atoms. The van der Waals surface area contributed by atoms with Crippen molar-refractivity contribution in [3.05, 3.63) is 95.6 Å². The standard InChI is InChI=1S/C24H22N2O4/c1-29-22-15-17(7-13-21(22)30-16-18-5-3-2-4-6-18)8-14-23(27)26-20-11-9-19(10-12-20)24(25)28/h2-15H,16H2,1H3,(H2,25,28)(H,26,27). The first-order valence-corrected chi connectivity index (χ1v) is 9.29. The van der Waals surface area contributed by atoms with Crippen LogP contribution in [0.1, 0.15) is 21.5 Å². The Balaban J connectivity index is 1.61. The van der Waals surface area contributed by atoms with Crippen LogP contribution >= 0.6 is 0 Å². The smallest absolute Gasteiger partial charge is 0.248 e. The predicted molar refractivity (Wildman–Crippen MR) is 116 cm³/mol. The van der Waals surface area contributed by atoms with Crippen LogP contribution in [0, 0.1) is 0 Å². The highest BCUT2D eigenvalue weighted by molar-refractivity contribution is 6.02. The van der Waals surface area contributed by atoms with Crippen molar-refractivity contribution in [1.29, 1.82) is 0 Å². The van der Waals surface area contributed by atoms with Crippen LogP contribution in [0.4, 0.5) is 5.69 Å². The number of amides is 2. The molecule has 6 heteroatoms. The molecule has 30 heavy (non-hydrogen) atoms. The molecule has 3 rings (SSSR count). The zero-order valence-corrected chi connectivity index (χ0v) is 16.5. The highest BCUT2D eigenvalue weighted by atomic mass is 16.5. The number of anilines is 1. The Kier molecular flexibility index (Phi) is 6.84. The maximum absolute atomic E-state index is 12.1. The summed E-state index contributed by atoms with van der Waals surface area (Å²) in [6.07, 6.45) is 3.10. The zero-order chi connectivity index (χ0) is 21.3. The van der Waals surface area contributed by atoms with Gasteiger partial charge in [0.25, 0.3) is 0 Å². The summed E-state index contributed by atoms with van der Waals surface area (Å²) in [7, 11) is 1.57. The van der Waals surface area contributed by atoms with Crippen molar-refractivity contribution in [2.24, 2.45) is 5.73 Å². The summed E-state index contributed by atoms with van der Waals surface area (Å²) in [6.45, 7) is 0.434. The van der Waals surface area contributed by atoms with Crippen LogP contribution in [0.15, 0.2) is 78.9 Å². The van der Waals surface area contributed by atoms with E-state index in [4.69, 9.17) is 15.2 Å². The van der Waals surface area contributed by atoms with E-state index in [9.17, 15) is 9.59 Å². The summed E-state index contributed by atoms with van der Waals surface area (Å²) < 4.78 is 11.2. The van der Waals surface area contributed by atoms with Crippen LogP contribution in [0.5, 0.6) is 11.5 Å². The maximum Gasteiger partial charge on any atom is 0.248 e. The lowest BCUT2D eigenvalue weighted by Gasteiger charge is -2.11. The quantitative estimate of drug-likeness (QED) is 0.557. The van der Waals surface area contributed by atoms with Gasteiger partial charge in [-0.3, -0.25) is 9.59 Å². The molecule has 0 fully saturated rings. The monoisotopic (exact) mass is 402 g/mol. The van der Waals surface area contributed by atoms with Gasteiger partial charge < -0.3 is 20.5 Å². The fourth-order valence-corrected chi connectivity index (χ4v) is 2.72. The van der Waals surface area contributed by atoms with E-state index in [1.54, 1.807) is 43.5 Å². The third-order valence-electron chi connectivity index (χ3n) is 4.29. The van der Waals surface area contributed by atoms with Gasteiger partial charge in [-0.15, -0.1) is 0 Å². The molecule has 3 aromatic rings. The van der Waals surface area contributed by atoms with Crippen LogP contribution < -0.4 is 20.5 Å². The SMILES string of the molecule is COc1cc(C=CC(=O)Nc2ccc(C(N)=O)cc2)ccc1OCc1ccccc1. The lowest BCUT2D eigenvalue weighted by molar-refractivity contribution is -0.111. The molecule has 0 unspecified atom stereocenters. The van der Waals surface area contributed by atoms with Crippen molar-refractivity contribution >= 4 is 23.6 Å². The molecule has 152 valence electrons. The fourth-order valence-electron chi connectivity index (χ4n) is 2.72. The van der Waals surface area contributed by atoms with Gasteiger partial charge in [0.2, 0.25) is 11.8 Å². The number of rotatable bonds is 8. The van der Waals surface area contributed by atoms with Crippen LogP contribution in [-0.2, 0) is 11.4 Å². The van der Waals surface area contributed by atoms with Gasteiger partial charge in [-0.25, -0.2) is 0 Å². The van der Waals surface area contributed by atoms with E-state index < -0.39 is 5.91 Å². The number of nitrogens with one attached hydrogen (secondary N) is 1. The van der Waals surface area contributed by atoms with Gasteiger partial charge in [-0.05, 0) is 53.6 Å². The second kappa shape index (κ2) is 9.93. The first-order chi connectivity index (χ1) is 14.5. The second-order valence-corrected chi connectivity index (χ2v) is 6.45. The predicted octanol–water partition coefficient (Wildman–Crippen LogP) is 4.03. The summed E-state index contributed by atoms with van der Waals surface area (Å²) in [5, 5.41) is 2.72. The molecule has 0 atom stereocenters. The number of nitrogens with two attached hydrogens (primary N) is 1. The van der Waals surface area contributed by atoms with Crippen molar-refractivity contribution in [3.8, 4) is 11.5 Å². The molecule has 3 N–H and O–H groups in total. The number of hydrogen-bond acceptors (Lipinski definition) is 4. The van der Waals surface area contributed by atoms with Crippen LogP contribution in [0.25, 0.3) is 6.08 Å². The molecular formula is C24H22N2O4. The molecule has 0 radical (unpaired) electrons. The van der Waals surface area contributed by atoms with E-state index in [1.807, 2.05) is 42.5 Å². The molecular weight excluding hydrogens is 380 g/mol. The number of carbonyl (C=O) groups excluding carboxylic acids is 2. The van der Waals surface area contributed by atoms with Crippen LogP contribution in [0.3, 0.4) is 0 Å². The van der Waals surface area contributed by atoms with Gasteiger partial charge in [0.15, 0.2) is 11.5 Å². The van der Waals surface area contributed by atoms with Crippen molar-refractivity contribution in [1.82, 2.24) is 0 Å². The summed E-state index contributed by atoms with van der Waals surface area (Å²) in [5.41, 5.74) is 8.00. The fraction of sp³-hybridized carbons (Fsp3) is 0.0833. The molecule has 0 bridgehead atoms. The molecule has 6 nitrogen and oxygen atoms in total. The number of methoxy groups -OCH3 is 1. The van der Waals surface area contributed by atoms with E-state index >= 15 is 0 Å². The van der Waals surface area contributed by atoms with Gasteiger partial charge in [0.1, 0.15) is 6.61 Å². The average Bonchev–Trinajstić information content (AvgIpc) is 2.77. The second-order valence-electron chi connectivity index (χ2n) is 6.45. The molecule has 3 aromatic carbocycles. The largest absolute Gasteiger partial charge is 0.493 e. The van der Waals surface area contributed by atoms with Crippen molar-refractivity contribution in [2.75, 3.05) is 12.4 Å². The van der Waals surface area contributed by atoms with Gasteiger partial charge >= 0.3 is 0 Å². The Hall–Kier alpha value is -4.06. The molecule has 0 aromatic heterocycles. The highest BCUT2D eigenvalue weighted by Crippen LogP contribution is 2.29. The molecule has 0 heterocycles. The molecule has 0 aliphatic rings. The van der Waals surface area contributed by atoms with Crippen LogP contribution in [-0.4, -0.2) is 18.9 Å². The molecule has 0 aliphatic carbocycles. The average molecular weight is 402 g/mol. The van der Waals surface area contributed by atoms with Gasteiger partial charge in [-0.1, -0.05) is 36.4 Å². The molecule has 0 saturated carbocycles. The number of primary amides is 1. The van der Waals surface area contributed by atoms with Crippen LogP contribution in [0.2, 0.25) is 0 Å². The minimum atomic E-state index is -0.516. The maximum atomic E-state index is 12.1. The van der Waals surface area contributed by atoms with E-state index in [2.05, 4.69) is 5.32 Å². The summed E-state index contributed by atoms with van der Waals surface area (Å²) in [4.78, 5) is 23.2. The van der Waals surface area contributed by atoms with E-state index in [1.165, 1.54) is 6.08 Å². The third kappa shape index (κ3) is 5.72. The van der Waals surface area contributed by atoms with E-state index in [0.29, 0.717) is 29.4 Å². The summed E-state index contributed by atoms with van der Waals surface area (Å²) >= 11 is 0. The number of ether oxygens (including phenoxy) is 2. The molecule has 2 amide bonds. The number of benzene rings is 3. The first kappa shape index (κ1) is 20.7. The third-order valence-corrected chi connectivity index (χ3v) is 4.29. The van der Waals surface area contributed by atoms with E-state index in [-0.39, 0.29) is 5.91 Å². The Morgan fingerprint density at radius 2 is 1.70 bits per heavy atom. The Morgan fingerprint density at radius 3 is 2.37 bits per heavy atom. The number of carbonyl (C=O) groups is 2. The zero-order valence-electron chi connectivity index (χ0n) is 16.5. The van der Waals surface area contributed by atoms with Crippen molar-refractivity contribution in [3.63, 3.8) is 0 Å². The lowest BCUT2D eigenvalue weighted by Crippen LogP contribution is -2.11. The Morgan fingerprint density at radius 1 is 0.967 bits per heavy atom.